The molecule has 1 aromatic heterocycles. The molecule has 0 N–H and O–H groups in total. The first-order chi connectivity index (χ1) is 13.5. The fourth-order valence-electron chi connectivity index (χ4n) is 3.69. The fourth-order valence-corrected chi connectivity index (χ4v) is 5.47. The maximum Gasteiger partial charge on any atom is 0.243 e. The number of piperazine rings is 1. The van der Waals surface area contributed by atoms with E-state index in [1.165, 1.54) is 19.3 Å². The SMILES string of the molecule is O=S(=O)(c1ccc(I)cc1)N1CCN(c2ccc(N3CCCCC3)nn2)CC1. The van der Waals surface area contributed by atoms with Gasteiger partial charge in [0.1, 0.15) is 0 Å². The van der Waals surface area contributed by atoms with Crippen molar-refractivity contribution in [2.24, 2.45) is 0 Å². The Hall–Kier alpha value is -1.46. The van der Waals surface area contributed by atoms with Crippen LogP contribution in [0.2, 0.25) is 0 Å². The molecule has 0 radical (unpaired) electrons. The van der Waals surface area contributed by atoms with Gasteiger partial charge in [0.25, 0.3) is 0 Å². The van der Waals surface area contributed by atoms with E-state index in [4.69, 9.17) is 0 Å². The van der Waals surface area contributed by atoms with Crippen molar-refractivity contribution in [3.8, 4) is 0 Å². The first kappa shape index (κ1) is 19.8. The molecule has 28 heavy (non-hydrogen) atoms. The average Bonchev–Trinajstić information content (AvgIpc) is 2.75. The molecule has 0 aliphatic carbocycles. The highest BCUT2D eigenvalue weighted by atomic mass is 127. The molecular formula is C19H24IN5O2S. The van der Waals surface area contributed by atoms with Crippen molar-refractivity contribution >= 4 is 44.2 Å². The summed E-state index contributed by atoms with van der Waals surface area (Å²) in [5.74, 6) is 1.75. The lowest BCUT2D eigenvalue weighted by molar-refractivity contribution is 0.383. The summed E-state index contributed by atoms with van der Waals surface area (Å²) in [7, 11) is -3.45. The Kier molecular flexibility index (Phi) is 6.02. The van der Waals surface area contributed by atoms with Crippen molar-refractivity contribution in [2.45, 2.75) is 24.2 Å². The van der Waals surface area contributed by atoms with Crippen molar-refractivity contribution in [3.05, 3.63) is 40.0 Å². The minimum absolute atomic E-state index is 0.354. The van der Waals surface area contributed by atoms with Gasteiger partial charge in [-0.2, -0.15) is 4.31 Å². The van der Waals surface area contributed by atoms with Gasteiger partial charge >= 0.3 is 0 Å². The summed E-state index contributed by atoms with van der Waals surface area (Å²) in [5.41, 5.74) is 0. The second kappa shape index (κ2) is 8.50. The van der Waals surface area contributed by atoms with E-state index in [1.54, 1.807) is 16.4 Å². The van der Waals surface area contributed by atoms with Crippen molar-refractivity contribution < 1.29 is 8.42 Å². The molecule has 0 spiro atoms. The molecule has 150 valence electrons. The van der Waals surface area contributed by atoms with Gasteiger partial charge in [-0.3, -0.25) is 0 Å². The highest BCUT2D eigenvalue weighted by Crippen LogP contribution is 2.22. The van der Waals surface area contributed by atoms with E-state index in [1.807, 2.05) is 24.3 Å². The van der Waals surface area contributed by atoms with Crippen LogP contribution >= 0.6 is 22.6 Å². The Bertz CT molecular complexity index is 891. The molecule has 0 bridgehead atoms. The zero-order valence-corrected chi connectivity index (χ0v) is 18.6. The van der Waals surface area contributed by atoms with E-state index in [0.717, 1.165) is 28.3 Å². The van der Waals surface area contributed by atoms with Crippen molar-refractivity contribution in [3.63, 3.8) is 0 Å². The van der Waals surface area contributed by atoms with E-state index < -0.39 is 10.0 Å². The van der Waals surface area contributed by atoms with Crippen molar-refractivity contribution in [2.75, 3.05) is 49.1 Å². The summed E-state index contributed by atoms with van der Waals surface area (Å²) < 4.78 is 28.2. The summed E-state index contributed by atoms with van der Waals surface area (Å²) >= 11 is 2.17. The average molecular weight is 513 g/mol. The Morgan fingerprint density at radius 1 is 0.714 bits per heavy atom. The molecule has 2 aliphatic heterocycles. The van der Waals surface area contributed by atoms with E-state index in [-0.39, 0.29) is 0 Å². The zero-order chi connectivity index (χ0) is 19.6. The highest BCUT2D eigenvalue weighted by Gasteiger charge is 2.29. The summed E-state index contributed by atoms with van der Waals surface area (Å²) in [6.45, 7) is 4.21. The van der Waals surface area contributed by atoms with Crippen LogP contribution in [0.5, 0.6) is 0 Å². The molecule has 2 saturated heterocycles. The number of hydrogen-bond acceptors (Lipinski definition) is 6. The molecule has 2 aromatic rings. The molecule has 0 amide bonds. The smallest absolute Gasteiger partial charge is 0.243 e. The molecular weight excluding hydrogens is 489 g/mol. The number of aromatic nitrogens is 2. The van der Waals surface area contributed by atoms with E-state index in [2.05, 4.69) is 42.6 Å². The van der Waals surface area contributed by atoms with Crippen LogP contribution in [0.1, 0.15) is 19.3 Å². The van der Waals surface area contributed by atoms with Crippen LogP contribution in [-0.4, -0.2) is 62.2 Å². The summed E-state index contributed by atoms with van der Waals surface area (Å²) in [6, 6.07) is 11.0. The van der Waals surface area contributed by atoms with Gasteiger partial charge in [-0.05, 0) is 78.3 Å². The number of nitrogens with zero attached hydrogens (tertiary/aromatic N) is 5. The van der Waals surface area contributed by atoms with Crippen LogP contribution in [0, 0.1) is 3.57 Å². The Balaban J connectivity index is 1.39. The van der Waals surface area contributed by atoms with Gasteiger partial charge in [-0.1, -0.05) is 0 Å². The lowest BCUT2D eigenvalue weighted by atomic mass is 10.1. The molecule has 0 unspecified atom stereocenters. The number of piperidine rings is 1. The van der Waals surface area contributed by atoms with Gasteiger partial charge in [-0.15, -0.1) is 10.2 Å². The van der Waals surface area contributed by atoms with Crippen LogP contribution in [-0.2, 0) is 10.0 Å². The van der Waals surface area contributed by atoms with Gasteiger partial charge in [-0.25, -0.2) is 8.42 Å². The number of sulfonamides is 1. The van der Waals surface area contributed by atoms with Gasteiger partial charge in [0.05, 0.1) is 4.90 Å². The quantitative estimate of drug-likeness (QED) is 0.586. The number of benzene rings is 1. The first-order valence-electron chi connectivity index (χ1n) is 9.63. The monoisotopic (exact) mass is 513 g/mol. The van der Waals surface area contributed by atoms with E-state index in [0.29, 0.717) is 31.1 Å². The van der Waals surface area contributed by atoms with E-state index in [9.17, 15) is 8.42 Å². The van der Waals surface area contributed by atoms with Crippen LogP contribution in [0.25, 0.3) is 0 Å². The Morgan fingerprint density at radius 3 is 1.79 bits per heavy atom. The van der Waals surface area contributed by atoms with Crippen LogP contribution < -0.4 is 9.80 Å². The molecule has 2 fully saturated rings. The van der Waals surface area contributed by atoms with Crippen molar-refractivity contribution in [1.29, 1.82) is 0 Å². The third kappa shape index (κ3) is 4.25. The third-order valence-corrected chi connectivity index (χ3v) is 7.96. The standard InChI is InChI=1S/C19H24IN5O2S/c20-16-4-6-17(7-5-16)28(26,27)25-14-12-24(13-15-25)19-9-8-18(21-22-19)23-10-2-1-3-11-23/h4-9H,1-3,10-15H2. The summed E-state index contributed by atoms with van der Waals surface area (Å²) in [6.07, 6.45) is 3.71. The van der Waals surface area contributed by atoms with Gasteiger partial charge in [0.2, 0.25) is 10.0 Å². The molecule has 7 nitrogen and oxygen atoms in total. The predicted octanol–water partition coefficient (Wildman–Crippen LogP) is 2.58. The minimum atomic E-state index is -3.45. The van der Waals surface area contributed by atoms with Gasteiger partial charge < -0.3 is 9.80 Å². The number of halogens is 1. The van der Waals surface area contributed by atoms with Gasteiger partial charge in [0.15, 0.2) is 11.6 Å². The number of hydrogen-bond donors (Lipinski definition) is 0. The highest BCUT2D eigenvalue weighted by molar-refractivity contribution is 14.1. The van der Waals surface area contributed by atoms with Crippen molar-refractivity contribution in [1.82, 2.24) is 14.5 Å². The van der Waals surface area contributed by atoms with Crippen LogP contribution in [0.15, 0.2) is 41.3 Å². The second-order valence-corrected chi connectivity index (χ2v) is 10.3. The maximum atomic E-state index is 12.8. The molecule has 4 rings (SSSR count). The van der Waals surface area contributed by atoms with E-state index >= 15 is 0 Å². The number of anilines is 2. The second-order valence-electron chi connectivity index (χ2n) is 7.14. The molecule has 1 aromatic carbocycles. The largest absolute Gasteiger partial charge is 0.355 e. The molecule has 2 aliphatic rings. The fraction of sp³-hybridized carbons (Fsp3) is 0.474. The topological polar surface area (TPSA) is 69.6 Å². The summed E-state index contributed by atoms with van der Waals surface area (Å²) in [5, 5.41) is 8.80. The molecule has 3 heterocycles. The normalized spacial score (nSPS) is 19.0. The third-order valence-electron chi connectivity index (χ3n) is 5.33. The predicted molar refractivity (Wildman–Crippen MR) is 118 cm³/mol. The van der Waals surface area contributed by atoms with Gasteiger partial charge in [0, 0.05) is 42.8 Å². The molecule has 0 saturated carbocycles. The van der Waals surface area contributed by atoms with Crippen LogP contribution in [0.3, 0.4) is 0 Å². The Labute approximate surface area is 179 Å². The lowest BCUT2D eigenvalue weighted by Crippen LogP contribution is -2.49. The zero-order valence-electron chi connectivity index (χ0n) is 15.7. The summed E-state index contributed by atoms with van der Waals surface area (Å²) in [4.78, 5) is 4.74. The maximum absolute atomic E-state index is 12.8. The molecule has 0 atom stereocenters. The first-order valence-corrected chi connectivity index (χ1v) is 12.2. The van der Waals surface area contributed by atoms with Crippen LogP contribution in [0.4, 0.5) is 11.6 Å². The Morgan fingerprint density at radius 2 is 1.25 bits per heavy atom. The molecule has 9 heteroatoms. The minimum Gasteiger partial charge on any atom is -0.355 e. The number of rotatable bonds is 4. The lowest BCUT2D eigenvalue weighted by Gasteiger charge is -2.34.